The summed E-state index contributed by atoms with van der Waals surface area (Å²) < 4.78 is 5.62. The van der Waals surface area contributed by atoms with Gasteiger partial charge in [-0.3, -0.25) is 4.79 Å². The van der Waals surface area contributed by atoms with Gasteiger partial charge in [0.25, 0.3) is 0 Å². The highest BCUT2D eigenvalue weighted by molar-refractivity contribution is 5.91. The summed E-state index contributed by atoms with van der Waals surface area (Å²) in [6.07, 6.45) is 0. The summed E-state index contributed by atoms with van der Waals surface area (Å²) in [6, 6.07) is 17.2. The Morgan fingerprint density at radius 1 is 0.903 bits per heavy atom. The lowest BCUT2D eigenvalue weighted by atomic mass is 9.99. The molecule has 0 aliphatic rings. The van der Waals surface area contributed by atoms with Gasteiger partial charge in [-0.05, 0) is 48.0 Å². The molecule has 4 aromatic rings. The lowest BCUT2D eigenvalue weighted by molar-refractivity contribution is -0.138. The van der Waals surface area contributed by atoms with Crippen molar-refractivity contribution in [3.8, 4) is 5.75 Å². The van der Waals surface area contributed by atoms with Gasteiger partial charge in [0.2, 0.25) is 5.89 Å². The van der Waals surface area contributed by atoms with Crippen LogP contribution in [0.2, 0.25) is 0 Å². The van der Waals surface area contributed by atoms with Crippen molar-refractivity contribution >= 4 is 34.4 Å². The monoisotopic (exact) mass is 417 g/mol. The van der Waals surface area contributed by atoms with Crippen LogP contribution in [0.5, 0.6) is 5.75 Å². The van der Waals surface area contributed by atoms with Gasteiger partial charge in [0, 0.05) is 0 Å². The van der Waals surface area contributed by atoms with Gasteiger partial charge in [-0.1, -0.05) is 24.3 Å². The van der Waals surface area contributed by atoms with Gasteiger partial charge in [-0.25, -0.2) is 9.78 Å². The molecule has 9 nitrogen and oxygen atoms in total. The van der Waals surface area contributed by atoms with Crippen molar-refractivity contribution in [1.29, 1.82) is 0 Å². The smallest absolute Gasteiger partial charge is 0.339 e. The van der Waals surface area contributed by atoms with Crippen LogP contribution < -0.4 is 0 Å². The van der Waals surface area contributed by atoms with E-state index in [4.69, 9.17) is 9.52 Å². The van der Waals surface area contributed by atoms with Gasteiger partial charge in [-0.2, -0.15) is 10.2 Å². The fraction of sp³-hybridized carbons (Fsp3) is 0.0455. The van der Waals surface area contributed by atoms with E-state index in [-0.39, 0.29) is 22.9 Å². The first kappa shape index (κ1) is 19.8. The number of carboxylic acids is 2. The van der Waals surface area contributed by atoms with E-state index in [9.17, 15) is 19.8 Å². The number of aromatic nitrogens is 1. The van der Waals surface area contributed by atoms with E-state index in [1.807, 2.05) is 0 Å². The van der Waals surface area contributed by atoms with Gasteiger partial charge in [0.15, 0.2) is 11.5 Å². The Morgan fingerprint density at radius 2 is 1.58 bits per heavy atom. The second-order valence-electron chi connectivity index (χ2n) is 6.59. The standard InChI is InChI=1S/C22H15N3O6/c26-17-10-9-14(11-15(17)21(27)28)25-24-13-7-5-12(6-8-13)19(22(29)30)20-23-16-3-1-2-4-18(16)31-20/h1-11,19,26H,(H,27,28)(H,29,30). The number of carboxylic acid groups (broad SMARTS) is 2. The Bertz CT molecular complexity index is 1280. The molecule has 0 radical (unpaired) electrons. The number of fused-ring (bicyclic) bond motifs is 1. The lowest BCUT2D eigenvalue weighted by Gasteiger charge is -2.08. The number of benzene rings is 3. The van der Waals surface area contributed by atoms with Crippen molar-refractivity contribution in [3.63, 3.8) is 0 Å². The normalized spacial score (nSPS) is 12.3. The van der Waals surface area contributed by atoms with E-state index in [0.29, 0.717) is 22.4 Å². The number of aromatic carboxylic acids is 1. The van der Waals surface area contributed by atoms with Crippen LogP contribution in [0.25, 0.3) is 11.1 Å². The molecule has 4 rings (SSSR count). The fourth-order valence-electron chi connectivity index (χ4n) is 3.01. The third-order valence-corrected chi connectivity index (χ3v) is 4.52. The molecular weight excluding hydrogens is 402 g/mol. The van der Waals surface area contributed by atoms with E-state index in [0.717, 1.165) is 0 Å². The third-order valence-electron chi connectivity index (χ3n) is 4.52. The fourth-order valence-corrected chi connectivity index (χ4v) is 3.01. The first-order valence-corrected chi connectivity index (χ1v) is 9.08. The number of carbonyl (C=O) groups is 2. The molecule has 0 amide bonds. The minimum atomic E-state index is -1.28. The van der Waals surface area contributed by atoms with Crippen molar-refractivity contribution < 1.29 is 29.3 Å². The van der Waals surface area contributed by atoms with Crippen LogP contribution in [0.1, 0.15) is 27.7 Å². The Hall–Kier alpha value is -4.53. The third kappa shape index (κ3) is 4.10. The maximum atomic E-state index is 11.9. The van der Waals surface area contributed by atoms with Crippen molar-refractivity contribution in [2.75, 3.05) is 0 Å². The Kier molecular flexibility index (Phi) is 5.15. The number of aromatic hydroxyl groups is 1. The summed E-state index contributed by atoms with van der Waals surface area (Å²) in [5.74, 6) is -3.76. The summed E-state index contributed by atoms with van der Waals surface area (Å²) in [6.45, 7) is 0. The maximum Gasteiger partial charge on any atom is 0.339 e. The molecule has 1 aromatic heterocycles. The van der Waals surface area contributed by atoms with Crippen molar-refractivity contribution in [2.24, 2.45) is 10.2 Å². The molecule has 3 aromatic carbocycles. The van der Waals surface area contributed by atoms with Gasteiger partial charge < -0.3 is 19.7 Å². The number of hydrogen-bond acceptors (Lipinski definition) is 7. The Morgan fingerprint density at radius 3 is 2.26 bits per heavy atom. The molecule has 0 saturated carbocycles. The van der Waals surface area contributed by atoms with Gasteiger partial charge >= 0.3 is 11.9 Å². The SMILES string of the molecule is O=C(O)c1cc(N=Nc2ccc(C(C(=O)O)c3nc4ccccc4o3)cc2)ccc1O. The quantitative estimate of drug-likeness (QED) is 0.380. The number of oxazole rings is 1. The minimum Gasteiger partial charge on any atom is -0.507 e. The zero-order chi connectivity index (χ0) is 22.0. The summed E-state index contributed by atoms with van der Waals surface area (Å²) in [4.78, 5) is 27.2. The maximum absolute atomic E-state index is 11.9. The molecular formula is C22H15N3O6. The molecule has 1 atom stereocenters. The molecule has 0 aliphatic heterocycles. The largest absolute Gasteiger partial charge is 0.507 e. The van der Waals surface area contributed by atoms with Crippen LogP contribution in [0, 0.1) is 0 Å². The number of phenols is 1. The minimum absolute atomic E-state index is 0.0772. The second kappa shape index (κ2) is 8.07. The predicted molar refractivity (Wildman–Crippen MR) is 109 cm³/mol. The first-order chi connectivity index (χ1) is 14.9. The summed E-state index contributed by atoms with van der Waals surface area (Å²) in [5.41, 5.74) is 1.92. The topological polar surface area (TPSA) is 146 Å². The average molecular weight is 417 g/mol. The summed E-state index contributed by atoms with van der Waals surface area (Å²) in [7, 11) is 0. The van der Waals surface area contributed by atoms with E-state index in [1.165, 1.54) is 18.2 Å². The first-order valence-electron chi connectivity index (χ1n) is 9.08. The number of hydrogen-bond donors (Lipinski definition) is 3. The highest BCUT2D eigenvalue weighted by atomic mass is 16.4. The second-order valence-corrected chi connectivity index (χ2v) is 6.59. The van der Waals surface area contributed by atoms with Crippen LogP contribution in [0.4, 0.5) is 11.4 Å². The van der Waals surface area contributed by atoms with E-state index in [2.05, 4.69) is 15.2 Å². The number of nitrogens with zero attached hydrogens (tertiary/aromatic N) is 3. The molecule has 0 bridgehead atoms. The van der Waals surface area contributed by atoms with Crippen LogP contribution in [0.3, 0.4) is 0 Å². The van der Waals surface area contributed by atoms with Gasteiger partial charge in [0.1, 0.15) is 16.8 Å². The molecule has 9 heteroatoms. The molecule has 31 heavy (non-hydrogen) atoms. The predicted octanol–water partition coefficient (Wildman–Crippen LogP) is 4.86. The number of rotatable bonds is 6. The van der Waals surface area contributed by atoms with Gasteiger partial charge in [-0.15, -0.1) is 0 Å². The molecule has 154 valence electrons. The highest BCUT2D eigenvalue weighted by Crippen LogP contribution is 2.30. The molecule has 0 saturated heterocycles. The Balaban J connectivity index is 1.59. The molecule has 0 aliphatic carbocycles. The van der Waals surface area contributed by atoms with Gasteiger partial charge in [0.05, 0.1) is 11.4 Å². The van der Waals surface area contributed by atoms with E-state index in [1.54, 1.807) is 48.5 Å². The lowest BCUT2D eigenvalue weighted by Crippen LogP contribution is -2.13. The molecule has 1 heterocycles. The van der Waals surface area contributed by atoms with Crippen LogP contribution in [-0.4, -0.2) is 32.2 Å². The van der Waals surface area contributed by atoms with Crippen LogP contribution >= 0.6 is 0 Å². The summed E-state index contributed by atoms with van der Waals surface area (Å²) >= 11 is 0. The number of azo groups is 1. The molecule has 3 N–H and O–H groups in total. The summed E-state index contributed by atoms with van der Waals surface area (Å²) in [5, 5.41) is 36.3. The Labute approximate surface area is 174 Å². The highest BCUT2D eigenvalue weighted by Gasteiger charge is 2.27. The molecule has 0 fully saturated rings. The van der Waals surface area contributed by atoms with E-state index < -0.39 is 17.9 Å². The average Bonchev–Trinajstić information content (AvgIpc) is 3.17. The number of para-hydroxylation sites is 2. The zero-order valence-corrected chi connectivity index (χ0v) is 15.8. The molecule has 1 unspecified atom stereocenters. The van der Waals surface area contributed by atoms with Crippen LogP contribution in [0.15, 0.2) is 81.4 Å². The zero-order valence-electron chi connectivity index (χ0n) is 15.8. The van der Waals surface area contributed by atoms with E-state index >= 15 is 0 Å². The van der Waals surface area contributed by atoms with Crippen molar-refractivity contribution in [3.05, 3.63) is 83.7 Å². The molecule has 0 spiro atoms. The van der Waals surface area contributed by atoms with Crippen LogP contribution in [-0.2, 0) is 4.79 Å². The number of aliphatic carboxylic acids is 1. The van der Waals surface area contributed by atoms with Crippen molar-refractivity contribution in [2.45, 2.75) is 5.92 Å². The van der Waals surface area contributed by atoms with Crippen molar-refractivity contribution in [1.82, 2.24) is 4.98 Å².